The van der Waals surface area contributed by atoms with Gasteiger partial charge in [0.1, 0.15) is 0 Å². The van der Waals surface area contributed by atoms with Crippen molar-refractivity contribution in [2.75, 3.05) is 31.1 Å². The van der Waals surface area contributed by atoms with Gasteiger partial charge in [-0.1, -0.05) is 0 Å². The van der Waals surface area contributed by atoms with E-state index in [0.29, 0.717) is 25.2 Å². The molecule has 1 saturated carbocycles. The Hall–Kier alpha value is -2.41. The molecule has 1 saturated heterocycles. The Morgan fingerprint density at radius 1 is 1.41 bits per heavy atom. The van der Waals surface area contributed by atoms with E-state index in [1.165, 1.54) is 12.1 Å². The maximum absolute atomic E-state index is 15.8. The number of nitrogens with zero attached hydrogens (tertiary/aromatic N) is 2. The molecule has 1 aromatic carbocycles. The molecule has 0 spiro atoms. The van der Waals surface area contributed by atoms with Crippen LogP contribution >= 0.6 is 0 Å². The van der Waals surface area contributed by atoms with E-state index in [1.54, 1.807) is 13.1 Å². The largest absolute Gasteiger partial charge is 0.462 e. The van der Waals surface area contributed by atoms with Crippen LogP contribution in [0.15, 0.2) is 23.1 Å². The minimum absolute atomic E-state index is 0.126. The first-order valence-corrected chi connectivity index (χ1v) is 9.54. The van der Waals surface area contributed by atoms with E-state index >= 15 is 4.39 Å². The van der Waals surface area contributed by atoms with Crippen LogP contribution in [0, 0.1) is 5.82 Å². The van der Waals surface area contributed by atoms with Gasteiger partial charge in [-0.15, -0.1) is 0 Å². The van der Waals surface area contributed by atoms with Gasteiger partial charge in [-0.3, -0.25) is 4.79 Å². The number of nitrogens with one attached hydrogen (secondary N) is 1. The van der Waals surface area contributed by atoms with Crippen molar-refractivity contribution in [2.24, 2.45) is 0 Å². The highest BCUT2D eigenvalue weighted by Crippen LogP contribution is 2.39. The molecule has 1 aliphatic heterocycles. The topological polar surface area (TPSA) is 63.6 Å². The summed E-state index contributed by atoms with van der Waals surface area (Å²) in [5.41, 5.74) is 0.377. The highest BCUT2D eigenvalue weighted by molar-refractivity contribution is 6.01. The van der Waals surface area contributed by atoms with Gasteiger partial charge in [0.2, 0.25) is 0 Å². The highest BCUT2D eigenvalue weighted by Gasteiger charge is 2.31. The normalized spacial score (nSPS) is 20.1. The molecule has 2 aromatic rings. The highest BCUT2D eigenvalue weighted by atomic mass is 19.1. The van der Waals surface area contributed by atoms with Crippen LogP contribution in [0.3, 0.4) is 0 Å². The third-order valence-corrected chi connectivity index (χ3v) is 5.25. The Morgan fingerprint density at radius 2 is 2.19 bits per heavy atom. The van der Waals surface area contributed by atoms with Crippen molar-refractivity contribution in [3.8, 4) is 0 Å². The number of ether oxygens (including phenoxy) is 1. The predicted molar refractivity (Wildman–Crippen MR) is 102 cm³/mol. The Morgan fingerprint density at radius 3 is 2.85 bits per heavy atom. The van der Waals surface area contributed by atoms with Crippen LogP contribution in [-0.2, 0) is 4.74 Å². The monoisotopic (exact) mass is 373 g/mol. The molecule has 2 aliphatic rings. The van der Waals surface area contributed by atoms with Crippen LogP contribution in [0.4, 0.5) is 10.1 Å². The molecule has 1 atom stereocenters. The average Bonchev–Trinajstić information content (AvgIpc) is 3.47. The van der Waals surface area contributed by atoms with Crippen LogP contribution in [-0.4, -0.2) is 42.8 Å². The van der Waals surface area contributed by atoms with E-state index < -0.39 is 11.8 Å². The second-order valence-corrected chi connectivity index (χ2v) is 7.32. The van der Waals surface area contributed by atoms with Crippen LogP contribution in [0.2, 0.25) is 0 Å². The minimum Gasteiger partial charge on any atom is -0.462 e. The Kier molecular flexibility index (Phi) is 4.63. The lowest BCUT2D eigenvalue weighted by Crippen LogP contribution is -2.50. The fourth-order valence-electron chi connectivity index (χ4n) is 3.85. The van der Waals surface area contributed by atoms with E-state index in [4.69, 9.17) is 4.74 Å². The van der Waals surface area contributed by atoms with Crippen molar-refractivity contribution in [1.82, 2.24) is 9.88 Å². The van der Waals surface area contributed by atoms with Gasteiger partial charge in [0.05, 0.1) is 23.4 Å². The number of benzene rings is 1. The van der Waals surface area contributed by atoms with E-state index in [2.05, 4.69) is 5.32 Å². The molecule has 4 rings (SSSR count). The summed E-state index contributed by atoms with van der Waals surface area (Å²) in [5.74, 6) is -1.10. The third kappa shape index (κ3) is 3.20. The fourth-order valence-corrected chi connectivity index (χ4v) is 3.85. The molecule has 0 bridgehead atoms. The number of halogens is 1. The van der Waals surface area contributed by atoms with Crippen LogP contribution in [0.25, 0.3) is 10.9 Å². The zero-order valence-corrected chi connectivity index (χ0v) is 15.6. The van der Waals surface area contributed by atoms with Gasteiger partial charge < -0.3 is 19.5 Å². The Balaban J connectivity index is 1.98. The average molecular weight is 373 g/mol. The molecule has 0 amide bonds. The number of aromatic nitrogens is 1. The van der Waals surface area contributed by atoms with Crippen LogP contribution in [0.5, 0.6) is 0 Å². The van der Waals surface area contributed by atoms with Crippen molar-refractivity contribution >= 4 is 22.6 Å². The number of fused-ring (bicyclic) bond motifs is 1. The Bertz CT molecular complexity index is 952. The second kappa shape index (κ2) is 6.96. The zero-order valence-electron chi connectivity index (χ0n) is 15.6. The lowest BCUT2D eigenvalue weighted by Gasteiger charge is -2.35. The summed E-state index contributed by atoms with van der Waals surface area (Å²) in [6.45, 7) is 5.79. The number of carbonyl (C=O) groups excluding carboxylic acids is 1. The molecule has 144 valence electrons. The lowest BCUT2D eigenvalue weighted by atomic mass is 10.0. The number of hydrogen-bond acceptors (Lipinski definition) is 5. The van der Waals surface area contributed by atoms with Gasteiger partial charge in [0, 0.05) is 49.4 Å². The molecule has 27 heavy (non-hydrogen) atoms. The first-order valence-electron chi connectivity index (χ1n) is 9.54. The first kappa shape index (κ1) is 18.0. The van der Waals surface area contributed by atoms with Gasteiger partial charge in [0.25, 0.3) is 0 Å². The smallest absolute Gasteiger partial charge is 0.340 e. The van der Waals surface area contributed by atoms with Crippen molar-refractivity contribution in [2.45, 2.75) is 38.8 Å². The summed E-state index contributed by atoms with van der Waals surface area (Å²) in [5, 5.41) is 3.56. The van der Waals surface area contributed by atoms with E-state index in [-0.39, 0.29) is 40.8 Å². The van der Waals surface area contributed by atoms with Gasteiger partial charge in [-0.25, -0.2) is 9.18 Å². The SMILES string of the molecule is CCOC(=O)c1cc2c(=O)ccn(C3CC3)c2c(F)c1N1CCNC(C)C1. The number of carbonyl (C=O) groups is 1. The van der Waals surface area contributed by atoms with Crippen molar-refractivity contribution in [1.29, 1.82) is 0 Å². The maximum atomic E-state index is 15.8. The predicted octanol–water partition coefficient (Wildman–Crippen LogP) is 2.45. The molecule has 1 aliphatic carbocycles. The van der Waals surface area contributed by atoms with E-state index in [9.17, 15) is 9.59 Å². The summed E-state index contributed by atoms with van der Waals surface area (Å²) < 4.78 is 22.8. The molecular weight excluding hydrogens is 349 g/mol. The van der Waals surface area contributed by atoms with Crippen molar-refractivity contribution in [3.05, 3.63) is 39.9 Å². The minimum atomic E-state index is -0.597. The zero-order chi connectivity index (χ0) is 19.1. The maximum Gasteiger partial charge on any atom is 0.340 e. The molecule has 6 nitrogen and oxygen atoms in total. The summed E-state index contributed by atoms with van der Waals surface area (Å²) in [6.07, 6.45) is 3.60. The molecule has 1 N–H and O–H groups in total. The van der Waals surface area contributed by atoms with E-state index in [1.807, 2.05) is 16.4 Å². The summed E-state index contributed by atoms with van der Waals surface area (Å²) in [6, 6.07) is 3.34. The summed E-state index contributed by atoms with van der Waals surface area (Å²) in [4.78, 5) is 26.9. The van der Waals surface area contributed by atoms with Crippen LogP contribution in [0.1, 0.15) is 43.1 Å². The van der Waals surface area contributed by atoms with Gasteiger partial charge >= 0.3 is 5.97 Å². The van der Waals surface area contributed by atoms with Gasteiger partial charge in [-0.2, -0.15) is 0 Å². The number of esters is 1. The van der Waals surface area contributed by atoms with Gasteiger partial charge in [-0.05, 0) is 32.8 Å². The molecule has 0 radical (unpaired) electrons. The number of pyridine rings is 1. The standard InChI is InChI=1S/C20H24FN3O3/c1-3-27-20(26)15-10-14-16(25)6-8-24(13-4-5-13)19(14)17(21)18(15)23-9-7-22-12(2)11-23/h6,8,10,12-13,22H,3-5,7,9,11H2,1-2H3. The molecular formula is C20H24FN3O3. The summed E-state index contributed by atoms with van der Waals surface area (Å²) >= 11 is 0. The first-order chi connectivity index (χ1) is 13.0. The molecule has 1 aromatic heterocycles. The van der Waals surface area contributed by atoms with Crippen molar-refractivity contribution < 1.29 is 13.9 Å². The quantitative estimate of drug-likeness (QED) is 0.834. The molecule has 1 unspecified atom stereocenters. The Labute approximate surface area is 156 Å². The molecule has 7 heteroatoms. The third-order valence-electron chi connectivity index (χ3n) is 5.25. The number of anilines is 1. The van der Waals surface area contributed by atoms with E-state index in [0.717, 1.165) is 12.8 Å². The fraction of sp³-hybridized carbons (Fsp3) is 0.500. The van der Waals surface area contributed by atoms with Crippen LogP contribution < -0.4 is 15.6 Å². The number of hydrogen-bond donors (Lipinski definition) is 1. The number of rotatable bonds is 4. The van der Waals surface area contributed by atoms with Gasteiger partial charge in [0.15, 0.2) is 11.2 Å². The lowest BCUT2D eigenvalue weighted by molar-refractivity contribution is 0.0526. The molecule has 2 heterocycles. The number of piperazine rings is 1. The summed E-state index contributed by atoms with van der Waals surface area (Å²) in [7, 11) is 0. The molecule has 2 fully saturated rings. The van der Waals surface area contributed by atoms with Crippen molar-refractivity contribution in [3.63, 3.8) is 0 Å². The second-order valence-electron chi connectivity index (χ2n) is 7.32.